The third kappa shape index (κ3) is 5.00. The largest absolute Gasteiger partial charge is 0.404 e. The molecular weight excluding hydrogens is 119 g/mol. The lowest BCUT2D eigenvalue weighted by Gasteiger charge is -1.85. The van der Waals surface area contributed by atoms with Gasteiger partial charge in [0.25, 0.3) is 0 Å². The monoisotopic (exact) mass is 130 g/mol. The summed E-state index contributed by atoms with van der Waals surface area (Å²) in [5.74, 6) is 0. The summed E-state index contributed by atoms with van der Waals surface area (Å²) in [5, 5.41) is 0. The average Bonchev–Trinajstić information content (AvgIpc) is 1.89. The number of halogens is 1. The summed E-state index contributed by atoms with van der Waals surface area (Å²) in [4.78, 5) is 3.71. The van der Waals surface area contributed by atoms with Crippen LogP contribution >= 0.6 is 0 Å². The maximum Gasteiger partial charge on any atom is 0.109 e. The molecule has 0 rings (SSSR count). The molecule has 2 nitrogen and oxygen atoms in total. The molecular formula is C6H11FN2. The van der Waals surface area contributed by atoms with Crippen molar-refractivity contribution >= 4 is 6.21 Å². The topological polar surface area (TPSA) is 38.4 Å². The maximum atomic E-state index is 11.4. The van der Waals surface area contributed by atoms with Crippen LogP contribution in [0.25, 0.3) is 0 Å². The summed E-state index contributed by atoms with van der Waals surface area (Å²) in [7, 11) is 0. The zero-order valence-corrected chi connectivity index (χ0v) is 5.47. The van der Waals surface area contributed by atoms with E-state index < -0.39 is 6.67 Å². The highest BCUT2D eigenvalue weighted by Crippen LogP contribution is 1.82. The van der Waals surface area contributed by atoms with Gasteiger partial charge in [-0.25, -0.2) is 4.39 Å². The number of rotatable bonds is 3. The molecule has 0 aromatic carbocycles. The van der Waals surface area contributed by atoms with Gasteiger partial charge in [0.05, 0.1) is 6.54 Å². The Kier molecular flexibility index (Phi) is 4.78. The van der Waals surface area contributed by atoms with Crippen LogP contribution in [0.1, 0.15) is 6.92 Å². The van der Waals surface area contributed by atoms with E-state index in [0.717, 1.165) is 5.57 Å². The standard InChI is InChI=1S/C6H11FN2/c1-6(4-8)5-9-3-2-7/h4-5H,2-3,8H2,1H3. The summed E-state index contributed by atoms with van der Waals surface area (Å²) in [6.45, 7) is 1.63. The van der Waals surface area contributed by atoms with Gasteiger partial charge in [0.2, 0.25) is 0 Å². The Morgan fingerprint density at radius 1 is 1.78 bits per heavy atom. The minimum Gasteiger partial charge on any atom is -0.404 e. The summed E-state index contributed by atoms with van der Waals surface area (Å²) in [6.07, 6.45) is 2.99. The molecule has 0 fully saturated rings. The Bertz CT molecular complexity index is 118. The highest BCUT2D eigenvalue weighted by molar-refractivity contribution is 5.77. The third-order valence-corrected chi connectivity index (χ3v) is 0.771. The number of aliphatic imine (C=N–C) groups is 1. The number of alkyl halides is 1. The molecule has 0 spiro atoms. The van der Waals surface area contributed by atoms with Crippen LogP contribution in [0.2, 0.25) is 0 Å². The van der Waals surface area contributed by atoms with Gasteiger partial charge in [-0.2, -0.15) is 0 Å². The zero-order chi connectivity index (χ0) is 7.11. The van der Waals surface area contributed by atoms with E-state index in [1.165, 1.54) is 6.20 Å². The summed E-state index contributed by atoms with van der Waals surface area (Å²) < 4.78 is 11.4. The van der Waals surface area contributed by atoms with Gasteiger partial charge in [0.15, 0.2) is 0 Å². The van der Waals surface area contributed by atoms with Crippen LogP contribution in [0, 0.1) is 0 Å². The zero-order valence-electron chi connectivity index (χ0n) is 5.47. The Morgan fingerprint density at radius 2 is 2.44 bits per heavy atom. The van der Waals surface area contributed by atoms with E-state index in [2.05, 4.69) is 4.99 Å². The Balaban J connectivity index is 3.45. The van der Waals surface area contributed by atoms with E-state index in [-0.39, 0.29) is 6.54 Å². The minimum atomic E-state index is -0.408. The lowest BCUT2D eigenvalue weighted by atomic mass is 10.4. The second kappa shape index (κ2) is 5.28. The number of nitrogens with zero attached hydrogens (tertiary/aromatic N) is 1. The number of hydrogen-bond donors (Lipinski definition) is 1. The molecule has 0 saturated heterocycles. The first-order valence-electron chi connectivity index (χ1n) is 2.75. The molecule has 0 bridgehead atoms. The Morgan fingerprint density at radius 3 is 2.89 bits per heavy atom. The van der Waals surface area contributed by atoms with Crippen LogP contribution in [0.3, 0.4) is 0 Å². The maximum absolute atomic E-state index is 11.4. The quantitative estimate of drug-likeness (QED) is 0.566. The van der Waals surface area contributed by atoms with E-state index >= 15 is 0 Å². The van der Waals surface area contributed by atoms with Crippen LogP contribution in [-0.4, -0.2) is 19.4 Å². The summed E-state index contributed by atoms with van der Waals surface area (Å²) >= 11 is 0. The van der Waals surface area contributed by atoms with Crippen molar-refractivity contribution in [2.24, 2.45) is 10.7 Å². The van der Waals surface area contributed by atoms with E-state index in [1.54, 1.807) is 6.21 Å². The van der Waals surface area contributed by atoms with Gasteiger partial charge in [-0.15, -0.1) is 0 Å². The van der Waals surface area contributed by atoms with Crippen LogP contribution in [-0.2, 0) is 0 Å². The predicted molar refractivity (Wildman–Crippen MR) is 37.3 cm³/mol. The molecule has 0 aromatic heterocycles. The highest BCUT2D eigenvalue weighted by atomic mass is 19.1. The molecule has 52 valence electrons. The molecule has 0 saturated carbocycles. The van der Waals surface area contributed by atoms with E-state index in [1.807, 2.05) is 6.92 Å². The first-order chi connectivity index (χ1) is 4.31. The van der Waals surface area contributed by atoms with E-state index in [0.29, 0.717) is 0 Å². The molecule has 0 heterocycles. The van der Waals surface area contributed by atoms with Crippen molar-refractivity contribution in [1.82, 2.24) is 0 Å². The fourth-order valence-corrected chi connectivity index (χ4v) is 0.300. The summed E-state index contributed by atoms with van der Waals surface area (Å²) in [5.41, 5.74) is 5.96. The fourth-order valence-electron chi connectivity index (χ4n) is 0.300. The molecule has 0 radical (unpaired) electrons. The summed E-state index contributed by atoms with van der Waals surface area (Å²) in [6, 6.07) is 0. The lowest BCUT2D eigenvalue weighted by Crippen LogP contribution is -1.88. The molecule has 9 heavy (non-hydrogen) atoms. The second-order valence-electron chi connectivity index (χ2n) is 1.63. The lowest BCUT2D eigenvalue weighted by molar-refractivity contribution is 0.505. The molecule has 0 amide bonds. The van der Waals surface area contributed by atoms with Crippen LogP contribution in [0.5, 0.6) is 0 Å². The fraction of sp³-hybridized carbons (Fsp3) is 0.500. The van der Waals surface area contributed by atoms with Crippen molar-refractivity contribution in [2.75, 3.05) is 13.2 Å². The molecule has 0 aliphatic carbocycles. The highest BCUT2D eigenvalue weighted by Gasteiger charge is 1.77. The third-order valence-electron chi connectivity index (χ3n) is 0.771. The first-order valence-corrected chi connectivity index (χ1v) is 2.75. The van der Waals surface area contributed by atoms with Crippen molar-refractivity contribution < 1.29 is 4.39 Å². The number of nitrogens with two attached hydrogens (primary N) is 1. The molecule has 0 aromatic rings. The van der Waals surface area contributed by atoms with Gasteiger partial charge in [0, 0.05) is 6.21 Å². The molecule has 2 N–H and O–H groups in total. The van der Waals surface area contributed by atoms with Crippen LogP contribution < -0.4 is 5.73 Å². The number of hydrogen-bond acceptors (Lipinski definition) is 2. The molecule has 3 heteroatoms. The van der Waals surface area contributed by atoms with Crippen LogP contribution in [0.15, 0.2) is 16.8 Å². The van der Waals surface area contributed by atoms with Gasteiger partial charge in [-0.05, 0) is 18.7 Å². The first kappa shape index (κ1) is 8.14. The van der Waals surface area contributed by atoms with Crippen molar-refractivity contribution in [1.29, 1.82) is 0 Å². The number of allylic oxidation sites excluding steroid dienone is 1. The van der Waals surface area contributed by atoms with Crippen molar-refractivity contribution in [3.63, 3.8) is 0 Å². The normalized spacial score (nSPS) is 12.9. The Hall–Kier alpha value is -0.860. The molecule has 0 atom stereocenters. The van der Waals surface area contributed by atoms with Gasteiger partial charge in [-0.3, -0.25) is 4.99 Å². The van der Waals surface area contributed by atoms with Crippen molar-refractivity contribution in [3.05, 3.63) is 11.8 Å². The minimum absolute atomic E-state index is 0.227. The molecule has 0 unspecified atom stereocenters. The van der Waals surface area contributed by atoms with E-state index in [9.17, 15) is 4.39 Å². The van der Waals surface area contributed by atoms with E-state index in [4.69, 9.17) is 5.73 Å². The molecule has 0 aliphatic rings. The predicted octanol–water partition coefficient (Wildman–Crippen LogP) is 0.889. The van der Waals surface area contributed by atoms with Gasteiger partial charge >= 0.3 is 0 Å². The average molecular weight is 130 g/mol. The van der Waals surface area contributed by atoms with Gasteiger partial charge < -0.3 is 5.73 Å². The van der Waals surface area contributed by atoms with Crippen LogP contribution in [0.4, 0.5) is 4.39 Å². The second-order valence-corrected chi connectivity index (χ2v) is 1.63. The SMILES string of the molecule is CC(C=NCCF)=CN. The van der Waals surface area contributed by atoms with Crippen molar-refractivity contribution in [2.45, 2.75) is 6.92 Å². The molecule has 0 aliphatic heterocycles. The van der Waals surface area contributed by atoms with Gasteiger partial charge in [-0.1, -0.05) is 0 Å². The van der Waals surface area contributed by atoms with Gasteiger partial charge in [0.1, 0.15) is 6.67 Å². The van der Waals surface area contributed by atoms with Crippen molar-refractivity contribution in [3.8, 4) is 0 Å². The smallest absolute Gasteiger partial charge is 0.109 e. The Labute approximate surface area is 54.3 Å².